The lowest BCUT2D eigenvalue weighted by Gasteiger charge is -2.27. The summed E-state index contributed by atoms with van der Waals surface area (Å²) >= 11 is 0. The van der Waals surface area contributed by atoms with Crippen LogP contribution in [0.15, 0.2) is 24.3 Å². The van der Waals surface area contributed by atoms with E-state index in [0.717, 1.165) is 5.92 Å². The largest absolute Gasteiger partial charge is 0.324 e. The molecule has 1 aromatic carbocycles. The summed E-state index contributed by atoms with van der Waals surface area (Å²) in [4.78, 5) is 0. The van der Waals surface area contributed by atoms with Gasteiger partial charge >= 0.3 is 0 Å². The standard InChI is InChI=1S/C16H25N/c1-11(2)12(3)16(17)15-9-7-14(8-10-15)13-5-4-6-13/h7-13,16H,4-6,17H2,1-3H3. The summed E-state index contributed by atoms with van der Waals surface area (Å²) < 4.78 is 0. The smallest absolute Gasteiger partial charge is 0.0323 e. The van der Waals surface area contributed by atoms with Crippen molar-refractivity contribution < 1.29 is 0 Å². The van der Waals surface area contributed by atoms with E-state index in [2.05, 4.69) is 45.0 Å². The maximum absolute atomic E-state index is 6.31. The van der Waals surface area contributed by atoms with E-state index >= 15 is 0 Å². The van der Waals surface area contributed by atoms with Crippen molar-refractivity contribution in [2.75, 3.05) is 0 Å². The van der Waals surface area contributed by atoms with Gasteiger partial charge in [0.05, 0.1) is 0 Å². The molecule has 1 fully saturated rings. The van der Waals surface area contributed by atoms with Crippen LogP contribution >= 0.6 is 0 Å². The molecule has 1 aliphatic rings. The highest BCUT2D eigenvalue weighted by Crippen LogP contribution is 2.36. The molecule has 0 heterocycles. The van der Waals surface area contributed by atoms with Gasteiger partial charge < -0.3 is 5.73 Å². The molecule has 2 atom stereocenters. The maximum Gasteiger partial charge on any atom is 0.0323 e. The predicted octanol–water partition coefficient (Wildman–Crippen LogP) is 4.25. The van der Waals surface area contributed by atoms with Crippen molar-refractivity contribution in [3.05, 3.63) is 35.4 Å². The number of nitrogens with two attached hydrogens (primary N) is 1. The zero-order valence-corrected chi connectivity index (χ0v) is 11.3. The summed E-state index contributed by atoms with van der Waals surface area (Å²) in [6.45, 7) is 6.73. The Bertz CT molecular complexity index is 348. The molecule has 0 amide bonds. The van der Waals surface area contributed by atoms with Crippen LogP contribution in [0.4, 0.5) is 0 Å². The molecular formula is C16H25N. The first-order valence-electron chi connectivity index (χ1n) is 6.95. The first kappa shape index (κ1) is 12.6. The number of rotatable bonds is 4. The van der Waals surface area contributed by atoms with Crippen molar-refractivity contribution in [2.24, 2.45) is 17.6 Å². The van der Waals surface area contributed by atoms with Gasteiger partial charge in [-0.1, -0.05) is 51.5 Å². The Morgan fingerprint density at radius 1 is 1.06 bits per heavy atom. The lowest BCUT2D eigenvalue weighted by molar-refractivity contribution is 0.352. The van der Waals surface area contributed by atoms with Crippen molar-refractivity contribution in [3.8, 4) is 0 Å². The molecule has 1 aliphatic carbocycles. The summed E-state index contributed by atoms with van der Waals surface area (Å²) in [5.41, 5.74) is 9.10. The summed E-state index contributed by atoms with van der Waals surface area (Å²) in [7, 11) is 0. The number of hydrogen-bond donors (Lipinski definition) is 1. The van der Waals surface area contributed by atoms with Gasteiger partial charge in [-0.25, -0.2) is 0 Å². The average Bonchev–Trinajstić information content (AvgIpc) is 2.25. The quantitative estimate of drug-likeness (QED) is 0.824. The highest BCUT2D eigenvalue weighted by Gasteiger charge is 2.21. The van der Waals surface area contributed by atoms with E-state index < -0.39 is 0 Å². The van der Waals surface area contributed by atoms with Gasteiger partial charge in [-0.2, -0.15) is 0 Å². The topological polar surface area (TPSA) is 26.0 Å². The molecule has 1 aromatic rings. The molecule has 94 valence electrons. The Kier molecular flexibility index (Phi) is 3.88. The summed E-state index contributed by atoms with van der Waals surface area (Å²) in [5.74, 6) is 1.99. The van der Waals surface area contributed by atoms with Crippen LogP contribution in [-0.4, -0.2) is 0 Å². The van der Waals surface area contributed by atoms with Crippen molar-refractivity contribution >= 4 is 0 Å². The highest BCUT2D eigenvalue weighted by molar-refractivity contribution is 5.28. The molecule has 1 nitrogen and oxygen atoms in total. The van der Waals surface area contributed by atoms with Crippen LogP contribution in [0, 0.1) is 11.8 Å². The van der Waals surface area contributed by atoms with Crippen molar-refractivity contribution in [1.82, 2.24) is 0 Å². The fraction of sp³-hybridized carbons (Fsp3) is 0.625. The molecule has 0 spiro atoms. The Morgan fingerprint density at radius 3 is 2.06 bits per heavy atom. The van der Waals surface area contributed by atoms with Gasteiger partial charge in [0.15, 0.2) is 0 Å². The molecule has 2 unspecified atom stereocenters. The Morgan fingerprint density at radius 2 is 1.65 bits per heavy atom. The zero-order valence-electron chi connectivity index (χ0n) is 11.3. The van der Waals surface area contributed by atoms with E-state index in [1.165, 1.54) is 30.4 Å². The van der Waals surface area contributed by atoms with Crippen LogP contribution < -0.4 is 5.73 Å². The first-order chi connectivity index (χ1) is 8.09. The van der Waals surface area contributed by atoms with Gasteiger partial charge in [0, 0.05) is 6.04 Å². The second-order valence-electron chi connectivity index (χ2n) is 5.92. The Labute approximate surface area is 105 Å². The minimum atomic E-state index is 0.172. The van der Waals surface area contributed by atoms with Gasteiger partial charge in [0.2, 0.25) is 0 Å². The summed E-state index contributed by atoms with van der Waals surface area (Å²) in [6.07, 6.45) is 4.14. The molecule has 0 bridgehead atoms. The van der Waals surface area contributed by atoms with Crippen LogP contribution in [0.3, 0.4) is 0 Å². The van der Waals surface area contributed by atoms with E-state index in [-0.39, 0.29) is 6.04 Å². The number of hydrogen-bond acceptors (Lipinski definition) is 1. The third kappa shape index (κ3) is 2.71. The minimum absolute atomic E-state index is 0.172. The monoisotopic (exact) mass is 231 g/mol. The van der Waals surface area contributed by atoms with Crippen molar-refractivity contribution in [1.29, 1.82) is 0 Å². The van der Waals surface area contributed by atoms with Crippen molar-refractivity contribution in [2.45, 2.75) is 52.0 Å². The lowest BCUT2D eigenvalue weighted by atomic mass is 9.79. The minimum Gasteiger partial charge on any atom is -0.324 e. The lowest BCUT2D eigenvalue weighted by Crippen LogP contribution is -2.23. The fourth-order valence-electron chi connectivity index (χ4n) is 2.45. The van der Waals surface area contributed by atoms with Gasteiger partial charge in [-0.05, 0) is 41.7 Å². The summed E-state index contributed by atoms with van der Waals surface area (Å²) in [5, 5.41) is 0. The second kappa shape index (κ2) is 5.22. The Hall–Kier alpha value is -0.820. The molecule has 2 N–H and O–H groups in total. The van der Waals surface area contributed by atoms with Crippen molar-refractivity contribution in [3.63, 3.8) is 0 Å². The normalized spacial score (nSPS) is 20.1. The number of benzene rings is 1. The fourth-order valence-corrected chi connectivity index (χ4v) is 2.45. The third-order valence-electron chi connectivity index (χ3n) is 4.52. The van der Waals surface area contributed by atoms with Gasteiger partial charge in [-0.15, -0.1) is 0 Å². The van der Waals surface area contributed by atoms with Gasteiger partial charge in [0.1, 0.15) is 0 Å². The van der Waals surface area contributed by atoms with E-state index in [1.54, 1.807) is 0 Å². The third-order valence-corrected chi connectivity index (χ3v) is 4.52. The molecule has 2 rings (SSSR count). The zero-order chi connectivity index (χ0) is 12.4. The van der Waals surface area contributed by atoms with E-state index in [0.29, 0.717) is 11.8 Å². The van der Waals surface area contributed by atoms with Crippen LogP contribution in [0.5, 0.6) is 0 Å². The summed E-state index contributed by atoms with van der Waals surface area (Å²) in [6, 6.07) is 9.21. The Balaban J connectivity index is 2.06. The molecule has 0 aliphatic heterocycles. The molecule has 0 aromatic heterocycles. The van der Waals surface area contributed by atoms with Gasteiger partial charge in [-0.3, -0.25) is 0 Å². The molecule has 0 saturated heterocycles. The molecule has 17 heavy (non-hydrogen) atoms. The van der Waals surface area contributed by atoms with Crippen LogP contribution in [0.25, 0.3) is 0 Å². The predicted molar refractivity (Wildman–Crippen MR) is 74.0 cm³/mol. The van der Waals surface area contributed by atoms with Crippen LogP contribution in [0.1, 0.15) is 63.1 Å². The molecule has 1 heteroatoms. The maximum atomic E-state index is 6.31. The van der Waals surface area contributed by atoms with Gasteiger partial charge in [0.25, 0.3) is 0 Å². The van der Waals surface area contributed by atoms with E-state index in [1.807, 2.05) is 0 Å². The van der Waals surface area contributed by atoms with Crippen LogP contribution in [0.2, 0.25) is 0 Å². The molecular weight excluding hydrogens is 206 g/mol. The van der Waals surface area contributed by atoms with Crippen LogP contribution in [-0.2, 0) is 0 Å². The van der Waals surface area contributed by atoms with E-state index in [4.69, 9.17) is 5.73 Å². The SMILES string of the molecule is CC(C)C(C)C(N)c1ccc(C2CCC2)cc1. The average molecular weight is 231 g/mol. The molecule has 0 radical (unpaired) electrons. The van der Waals surface area contributed by atoms with E-state index in [9.17, 15) is 0 Å². The molecule has 1 saturated carbocycles. The first-order valence-corrected chi connectivity index (χ1v) is 6.95. The second-order valence-corrected chi connectivity index (χ2v) is 5.92. The highest BCUT2D eigenvalue weighted by atomic mass is 14.6.